The maximum Gasteiger partial charge on any atom is 0.325 e. The van der Waals surface area contributed by atoms with Crippen LogP contribution in [0, 0.1) is 5.82 Å². The van der Waals surface area contributed by atoms with E-state index in [4.69, 9.17) is 0 Å². The maximum atomic E-state index is 13.0. The minimum atomic E-state index is -3.21. The highest BCUT2D eigenvalue weighted by Gasteiger charge is 2.38. The van der Waals surface area contributed by atoms with Crippen LogP contribution < -0.4 is 5.32 Å². The van der Waals surface area contributed by atoms with E-state index >= 15 is 0 Å². The van der Waals surface area contributed by atoms with Crippen molar-refractivity contribution in [3.8, 4) is 0 Å². The number of benzene rings is 1. The van der Waals surface area contributed by atoms with Gasteiger partial charge in [0, 0.05) is 10.7 Å². The molecule has 0 saturated carbocycles. The van der Waals surface area contributed by atoms with Crippen LogP contribution >= 0.6 is 15.9 Å². The lowest BCUT2D eigenvalue weighted by molar-refractivity contribution is -0.127. The molecule has 1 aliphatic heterocycles. The minimum absolute atomic E-state index is 0.0130. The first-order valence-electron chi connectivity index (χ1n) is 6.41. The van der Waals surface area contributed by atoms with Crippen LogP contribution in [0.5, 0.6) is 0 Å². The number of nitrogens with zero attached hydrogens (tertiary/aromatic N) is 1. The van der Waals surface area contributed by atoms with Crippen molar-refractivity contribution in [3.63, 3.8) is 0 Å². The summed E-state index contributed by atoms with van der Waals surface area (Å²) in [5, 5.41) is 2.46. The highest BCUT2D eigenvalue weighted by molar-refractivity contribution is 9.10. The molecule has 6 nitrogen and oxygen atoms in total. The number of amides is 3. The maximum absolute atomic E-state index is 13.0. The molecule has 120 valence electrons. The Morgan fingerprint density at radius 1 is 1.36 bits per heavy atom. The number of carbonyl (C=O) groups is 2. The van der Waals surface area contributed by atoms with Gasteiger partial charge in [-0.05, 0) is 24.1 Å². The zero-order valence-corrected chi connectivity index (χ0v) is 14.1. The molecule has 1 N–H and O–H groups in total. The predicted octanol–water partition coefficient (Wildman–Crippen LogP) is 1.44. The Labute approximate surface area is 135 Å². The minimum Gasteiger partial charge on any atom is -0.326 e. The van der Waals surface area contributed by atoms with Gasteiger partial charge in [-0.1, -0.05) is 22.0 Å². The molecule has 0 bridgehead atoms. The third kappa shape index (κ3) is 4.04. The summed E-state index contributed by atoms with van der Waals surface area (Å²) in [6.45, 7) is -0.0130. The van der Waals surface area contributed by atoms with Crippen LogP contribution in [0.25, 0.3) is 0 Å². The molecule has 22 heavy (non-hydrogen) atoms. The summed E-state index contributed by atoms with van der Waals surface area (Å²) in [5.74, 6) is -1.10. The topological polar surface area (TPSA) is 83.6 Å². The second kappa shape index (κ2) is 6.33. The molecule has 1 saturated heterocycles. The second-order valence-corrected chi connectivity index (χ2v) is 8.19. The summed E-state index contributed by atoms with van der Waals surface area (Å²) < 4.78 is 35.8. The second-order valence-electron chi connectivity index (χ2n) is 5.08. The summed E-state index contributed by atoms with van der Waals surface area (Å²) in [4.78, 5) is 25.0. The molecule has 1 aromatic rings. The van der Waals surface area contributed by atoms with Crippen molar-refractivity contribution in [3.05, 3.63) is 34.1 Å². The van der Waals surface area contributed by atoms with Crippen molar-refractivity contribution in [2.45, 2.75) is 19.0 Å². The average Bonchev–Trinajstić information content (AvgIpc) is 2.66. The molecular weight excluding hydrogens is 379 g/mol. The van der Waals surface area contributed by atoms with E-state index in [0.717, 1.165) is 11.2 Å². The molecule has 0 radical (unpaired) electrons. The summed E-state index contributed by atoms with van der Waals surface area (Å²) in [5.41, 5.74) is 0.577. The third-order valence-corrected chi connectivity index (χ3v) is 4.94. The van der Waals surface area contributed by atoms with Gasteiger partial charge in [0.1, 0.15) is 21.7 Å². The number of sulfone groups is 1. The lowest BCUT2D eigenvalue weighted by atomic mass is 10.2. The summed E-state index contributed by atoms with van der Waals surface area (Å²) >= 11 is 3.18. The number of halogens is 2. The number of hydrogen-bond acceptors (Lipinski definition) is 4. The summed E-state index contributed by atoms with van der Waals surface area (Å²) in [6, 6.07) is 2.53. The monoisotopic (exact) mass is 392 g/mol. The molecule has 1 fully saturated rings. The predicted molar refractivity (Wildman–Crippen MR) is 81.3 cm³/mol. The van der Waals surface area contributed by atoms with Crippen LogP contribution in [0.2, 0.25) is 0 Å². The Balaban J connectivity index is 2.09. The van der Waals surface area contributed by atoms with E-state index in [9.17, 15) is 22.4 Å². The highest BCUT2D eigenvalue weighted by atomic mass is 79.9. The molecule has 0 unspecified atom stereocenters. The van der Waals surface area contributed by atoms with Crippen LogP contribution in [0.15, 0.2) is 22.7 Å². The van der Waals surface area contributed by atoms with Gasteiger partial charge in [-0.25, -0.2) is 17.6 Å². The van der Waals surface area contributed by atoms with Crippen molar-refractivity contribution in [2.75, 3.05) is 12.0 Å². The molecule has 1 aliphatic rings. The fourth-order valence-corrected chi connectivity index (χ4v) is 3.21. The standard InChI is InChI=1S/C13H14BrFN2O4S/c1-22(20,21)5-4-11-12(18)17(13(19)16-11)7-8-2-3-9(15)6-10(8)14/h2-3,6,11H,4-5,7H2,1H3,(H,16,19)/t11-/m0/s1. The van der Waals surface area contributed by atoms with Crippen molar-refractivity contribution in [1.82, 2.24) is 10.2 Å². The largest absolute Gasteiger partial charge is 0.326 e. The van der Waals surface area contributed by atoms with Gasteiger partial charge in [0.15, 0.2) is 0 Å². The SMILES string of the molecule is CS(=O)(=O)CC[C@@H]1NC(=O)N(Cc2ccc(F)cc2Br)C1=O. The molecule has 1 heterocycles. The summed E-state index contributed by atoms with van der Waals surface area (Å²) in [6.07, 6.45) is 1.10. The Morgan fingerprint density at radius 3 is 2.64 bits per heavy atom. The first-order valence-corrected chi connectivity index (χ1v) is 9.26. The van der Waals surface area contributed by atoms with Crippen molar-refractivity contribution >= 4 is 37.7 Å². The van der Waals surface area contributed by atoms with Gasteiger partial charge in [-0.3, -0.25) is 9.69 Å². The molecule has 2 rings (SSSR count). The van der Waals surface area contributed by atoms with E-state index in [1.165, 1.54) is 18.2 Å². The highest BCUT2D eigenvalue weighted by Crippen LogP contribution is 2.22. The molecule has 0 aliphatic carbocycles. The van der Waals surface area contributed by atoms with Crippen LogP contribution in [0.1, 0.15) is 12.0 Å². The van der Waals surface area contributed by atoms with E-state index in [1.807, 2.05) is 0 Å². The van der Waals surface area contributed by atoms with Crippen molar-refractivity contribution in [1.29, 1.82) is 0 Å². The zero-order chi connectivity index (χ0) is 16.5. The fourth-order valence-electron chi connectivity index (χ4n) is 2.07. The van der Waals surface area contributed by atoms with Gasteiger partial charge in [0.25, 0.3) is 5.91 Å². The zero-order valence-electron chi connectivity index (χ0n) is 11.7. The van der Waals surface area contributed by atoms with Crippen LogP contribution in [0.3, 0.4) is 0 Å². The Bertz CT molecular complexity index is 723. The van der Waals surface area contributed by atoms with E-state index in [-0.39, 0.29) is 18.7 Å². The number of rotatable bonds is 5. The van der Waals surface area contributed by atoms with Crippen LogP contribution in [-0.2, 0) is 21.2 Å². The number of carbonyl (C=O) groups excluding carboxylic acids is 2. The lowest BCUT2D eigenvalue weighted by Gasteiger charge is -2.14. The van der Waals surface area contributed by atoms with E-state index in [0.29, 0.717) is 10.0 Å². The first-order chi connectivity index (χ1) is 10.2. The average molecular weight is 393 g/mol. The molecule has 9 heteroatoms. The summed E-state index contributed by atoms with van der Waals surface area (Å²) in [7, 11) is -3.21. The van der Waals surface area contributed by atoms with Gasteiger partial charge in [-0.15, -0.1) is 0 Å². The Kier molecular flexibility index (Phi) is 4.86. The van der Waals surface area contributed by atoms with Gasteiger partial charge in [-0.2, -0.15) is 0 Å². The van der Waals surface area contributed by atoms with E-state index in [2.05, 4.69) is 21.2 Å². The molecule has 3 amide bonds. The van der Waals surface area contributed by atoms with E-state index < -0.39 is 33.6 Å². The molecule has 1 atom stereocenters. The van der Waals surface area contributed by atoms with Crippen LogP contribution in [-0.4, -0.2) is 43.3 Å². The van der Waals surface area contributed by atoms with Crippen molar-refractivity contribution in [2.24, 2.45) is 0 Å². The first kappa shape index (κ1) is 16.9. The number of urea groups is 1. The van der Waals surface area contributed by atoms with Crippen molar-refractivity contribution < 1.29 is 22.4 Å². The quantitative estimate of drug-likeness (QED) is 0.768. The molecule has 0 spiro atoms. The van der Waals surface area contributed by atoms with Gasteiger partial charge in [0.2, 0.25) is 0 Å². The normalized spacial score (nSPS) is 18.7. The number of imide groups is 1. The molecule has 0 aromatic heterocycles. The smallest absolute Gasteiger partial charge is 0.325 e. The molecular formula is C13H14BrFN2O4S. The Morgan fingerprint density at radius 2 is 2.05 bits per heavy atom. The van der Waals surface area contributed by atoms with Gasteiger partial charge in [0.05, 0.1) is 12.3 Å². The van der Waals surface area contributed by atoms with E-state index in [1.54, 1.807) is 0 Å². The fraction of sp³-hybridized carbons (Fsp3) is 0.385. The van der Waals surface area contributed by atoms with Gasteiger partial charge < -0.3 is 5.32 Å². The number of hydrogen-bond donors (Lipinski definition) is 1. The number of nitrogens with one attached hydrogen (secondary N) is 1. The molecule has 1 aromatic carbocycles. The van der Waals surface area contributed by atoms with Gasteiger partial charge >= 0.3 is 6.03 Å². The lowest BCUT2D eigenvalue weighted by Crippen LogP contribution is -2.32. The van der Waals surface area contributed by atoms with Crippen LogP contribution in [0.4, 0.5) is 9.18 Å². The third-order valence-electron chi connectivity index (χ3n) is 3.23. The Hall–Kier alpha value is -1.48.